The summed E-state index contributed by atoms with van der Waals surface area (Å²) in [4.78, 5) is 15.0. The third kappa shape index (κ3) is 3.82. The van der Waals surface area contributed by atoms with Gasteiger partial charge in [0.25, 0.3) is 5.91 Å². The van der Waals surface area contributed by atoms with Crippen molar-refractivity contribution in [1.29, 1.82) is 0 Å². The summed E-state index contributed by atoms with van der Waals surface area (Å²) in [5, 5.41) is 3.14. The molecule has 2 fully saturated rings. The minimum absolute atomic E-state index is 0.0339. The number of carbonyl (C=O) groups is 1. The predicted octanol–water partition coefficient (Wildman–Crippen LogP) is 1.63. The summed E-state index contributed by atoms with van der Waals surface area (Å²) in [6.07, 6.45) is 1.12. The van der Waals surface area contributed by atoms with Crippen LogP contribution in [0.15, 0.2) is 24.3 Å². The minimum Gasteiger partial charge on any atom is -0.497 e. The second-order valence-corrected chi connectivity index (χ2v) is 7.15. The standard InChI is InChI=1S/C17H24N2O3S/c1-21-15-4-2-3-14(11-15)16(20)18-12-17(5-10-23-13-17)19-6-8-22-9-7-19/h2-4,11H,5-10,12-13H2,1H3,(H,18,20). The summed E-state index contributed by atoms with van der Waals surface area (Å²) < 4.78 is 10.7. The lowest BCUT2D eigenvalue weighted by molar-refractivity contribution is -0.0129. The molecule has 1 aromatic carbocycles. The normalized spacial score (nSPS) is 25.3. The first-order valence-electron chi connectivity index (χ1n) is 8.06. The predicted molar refractivity (Wildman–Crippen MR) is 92.4 cm³/mol. The Bertz CT molecular complexity index is 540. The molecule has 1 amide bonds. The molecule has 1 aromatic rings. The van der Waals surface area contributed by atoms with Crippen molar-refractivity contribution in [2.45, 2.75) is 12.0 Å². The summed E-state index contributed by atoms with van der Waals surface area (Å²) >= 11 is 1.97. The van der Waals surface area contributed by atoms with Crippen molar-refractivity contribution in [3.05, 3.63) is 29.8 Å². The maximum absolute atomic E-state index is 12.5. The van der Waals surface area contributed by atoms with Gasteiger partial charge in [0.05, 0.1) is 20.3 Å². The van der Waals surface area contributed by atoms with Gasteiger partial charge in [0.1, 0.15) is 5.75 Å². The fraction of sp³-hybridized carbons (Fsp3) is 0.588. The number of nitrogens with zero attached hydrogens (tertiary/aromatic N) is 1. The van der Waals surface area contributed by atoms with Gasteiger partial charge in [-0.1, -0.05) is 6.07 Å². The molecule has 0 aliphatic carbocycles. The van der Waals surface area contributed by atoms with Gasteiger partial charge in [0.2, 0.25) is 0 Å². The summed E-state index contributed by atoms with van der Waals surface area (Å²) in [5.41, 5.74) is 0.718. The average Bonchev–Trinajstić information content (AvgIpc) is 3.11. The van der Waals surface area contributed by atoms with Crippen LogP contribution in [0, 0.1) is 0 Å². The number of hydrogen-bond acceptors (Lipinski definition) is 5. The number of benzene rings is 1. The van der Waals surface area contributed by atoms with Crippen LogP contribution >= 0.6 is 11.8 Å². The van der Waals surface area contributed by atoms with Crippen molar-refractivity contribution >= 4 is 17.7 Å². The van der Waals surface area contributed by atoms with E-state index in [-0.39, 0.29) is 11.4 Å². The molecule has 5 nitrogen and oxygen atoms in total. The molecule has 2 aliphatic rings. The van der Waals surface area contributed by atoms with Crippen LogP contribution in [0.2, 0.25) is 0 Å². The molecule has 23 heavy (non-hydrogen) atoms. The van der Waals surface area contributed by atoms with E-state index in [1.54, 1.807) is 13.2 Å². The summed E-state index contributed by atoms with van der Waals surface area (Å²) in [7, 11) is 1.61. The zero-order chi connectivity index (χ0) is 16.1. The first kappa shape index (κ1) is 16.6. The highest BCUT2D eigenvalue weighted by atomic mass is 32.2. The topological polar surface area (TPSA) is 50.8 Å². The molecule has 0 bridgehead atoms. The Morgan fingerprint density at radius 3 is 2.96 bits per heavy atom. The van der Waals surface area contributed by atoms with Crippen LogP contribution in [0.1, 0.15) is 16.8 Å². The minimum atomic E-state index is -0.0339. The maximum Gasteiger partial charge on any atom is 0.251 e. The molecule has 0 saturated carbocycles. The van der Waals surface area contributed by atoms with Crippen molar-refractivity contribution in [3.63, 3.8) is 0 Å². The molecular weight excluding hydrogens is 312 g/mol. The number of ether oxygens (including phenoxy) is 2. The number of methoxy groups -OCH3 is 1. The van der Waals surface area contributed by atoms with E-state index in [2.05, 4.69) is 10.2 Å². The van der Waals surface area contributed by atoms with Gasteiger partial charge in [-0.3, -0.25) is 9.69 Å². The van der Waals surface area contributed by atoms with E-state index in [9.17, 15) is 4.79 Å². The van der Waals surface area contributed by atoms with Gasteiger partial charge in [-0.05, 0) is 30.4 Å². The Kier molecular flexibility index (Phi) is 5.46. The van der Waals surface area contributed by atoms with Crippen molar-refractivity contribution in [1.82, 2.24) is 10.2 Å². The number of nitrogens with one attached hydrogen (secondary N) is 1. The molecule has 2 aliphatic heterocycles. The number of carbonyl (C=O) groups excluding carboxylic acids is 1. The molecule has 0 aromatic heterocycles. The fourth-order valence-electron chi connectivity index (χ4n) is 3.25. The van der Waals surface area contributed by atoms with Gasteiger partial charge in [0.15, 0.2) is 0 Å². The van der Waals surface area contributed by atoms with Crippen LogP contribution in [0.4, 0.5) is 0 Å². The molecule has 126 valence electrons. The molecule has 6 heteroatoms. The fourth-order valence-corrected chi connectivity index (χ4v) is 4.72. The Morgan fingerprint density at radius 2 is 2.26 bits per heavy atom. The van der Waals surface area contributed by atoms with E-state index in [0.717, 1.165) is 44.2 Å². The third-order valence-corrected chi connectivity index (χ3v) is 5.91. The maximum atomic E-state index is 12.5. The lowest BCUT2D eigenvalue weighted by atomic mass is 9.95. The molecule has 1 unspecified atom stereocenters. The number of hydrogen-bond donors (Lipinski definition) is 1. The largest absolute Gasteiger partial charge is 0.497 e. The highest BCUT2D eigenvalue weighted by Crippen LogP contribution is 2.33. The molecule has 1 atom stereocenters. The number of rotatable bonds is 5. The van der Waals surface area contributed by atoms with Crippen LogP contribution in [-0.2, 0) is 4.74 Å². The van der Waals surface area contributed by atoms with E-state index >= 15 is 0 Å². The number of amides is 1. The number of thioether (sulfide) groups is 1. The monoisotopic (exact) mass is 336 g/mol. The van der Waals surface area contributed by atoms with Gasteiger partial charge in [-0.15, -0.1) is 0 Å². The highest BCUT2D eigenvalue weighted by Gasteiger charge is 2.40. The van der Waals surface area contributed by atoms with E-state index in [1.807, 2.05) is 30.0 Å². The second-order valence-electron chi connectivity index (χ2n) is 6.04. The van der Waals surface area contributed by atoms with Crippen LogP contribution < -0.4 is 10.1 Å². The lowest BCUT2D eigenvalue weighted by Crippen LogP contribution is -2.59. The molecule has 0 spiro atoms. The Balaban J connectivity index is 1.65. The molecule has 2 saturated heterocycles. The van der Waals surface area contributed by atoms with Crippen molar-refractivity contribution < 1.29 is 14.3 Å². The van der Waals surface area contributed by atoms with Gasteiger partial charge in [-0.2, -0.15) is 11.8 Å². The smallest absolute Gasteiger partial charge is 0.251 e. The van der Waals surface area contributed by atoms with Gasteiger partial charge in [-0.25, -0.2) is 0 Å². The van der Waals surface area contributed by atoms with Crippen molar-refractivity contribution in [2.24, 2.45) is 0 Å². The zero-order valence-corrected chi connectivity index (χ0v) is 14.4. The van der Waals surface area contributed by atoms with Gasteiger partial charge < -0.3 is 14.8 Å². The highest BCUT2D eigenvalue weighted by molar-refractivity contribution is 7.99. The Hall–Kier alpha value is -1.24. The first-order valence-corrected chi connectivity index (χ1v) is 9.22. The molecule has 0 radical (unpaired) electrons. The third-order valence-electron chi connectivity index (χ3n) is 4.67. The quantitative estimate of drug-likeness (QED) is 0.886. The van der Waals surface area contributed by atoms with E-state index in [4.69, 9.17) is 9.47 Å². The van der Waals surface area contributed by atoms with Crippen LogP contribution in [0.3, 0.4) is 0 Å². The van der Waals surface area contributed by atoms with Crippen molar-refractivity contribution in [2.75, 3.05) is 51.5 Å². The Morgan fingerprint density at radius 1 is 1.43 bits per heavy atom. The number of morpholine rings is 1. The summed E-state index contributed by atoms with van der Waals surface area (Å²) in [5.74, 6) is 2.91. The van der Waals surface area contributed by atoms with E-state index < -0.39 is 0 Å². The van der Waals surface area contributed by atoms with Gasteiger partial charge in [0, 0.05) is 36.5 Å². The Labute approximate surface area is 141 Å². The van der Waals surface area contributed by atoms with Gasteiger partial charge >= 0.3 is 0 Å². The molecule has 1 N–H and O–H groups in total. The SMILES string of the molecule is COc1cccc(C(=O)NCC2(N3CCOCC3)CCSC2)c1. The van der Waals surface area contributed by atoms with Crippen LogP contribution in [0.5, 0.6) is 5.75 Å². The van der Waals surface area contributed by atoms with Crippen molar-refractivity contribution in [3.8, 4) is 5.75 Å². The van der Waals surface area contributed by atoms with E-state index in [0.29, 0.717) is 17.9 Å². The molecular formula is C17H24N2O3S. The molecule has 3 rings (SSSR count). The summed E-state index contributed by atoms with van der Waals surface area (Å²) in [6.45, 7) is 4.17. The summed E-state index contributed by atoms with van der Waals surface area (Å²) in [6, 6.07) is 7.29. The second kappa shape index (κ2) is 7.55. The lowest BCUT2D eigenvalue weighted by Gasteiger charge is -2.43. The average molecular weight is 336 g/mol. The first-order chi connectivity index (χ1) is 11.2. The molecule has 2 heterocycles. The van der Waals surface area contributed by atoms with Crippen LogP contribution in [-0.4, -0.2) is 67.8 Å². The zero-order valence-electron chi connectivity index (χ0n) is 13.5. The van der Waals surface area contributed by atoms with E-state index in [1.165, 1.54) is 0 Å². The van der Waals surface area contributed by atoms with Crippen LogP contribution in [0.25, 0.3) is 0 Å².